The highest BCUT2D eigenvalue weighted by molar-refractivity contribution is 6.00. The standard InChI is InChI=1S/C11H20N2O3/c1-8(6-7-16-3)12-9-4-5-10(14)13(2)11(9)15/h8-9,12H,4-7H2,1-3H3. The topological polar surface area (TPSA) is 58.6 Å². The van der Waals surface area contributed by atoms with Gasteiger partial charge in [-0.15, -0.1) is 0 Å². The lowest BCUT2D eigenvalue weighted by molar-refractivity contribution is -0.148. The third kappa shape index (κ3) is 3.28. The number of hydrogen-bond donors (Lipinski definition) is 1. The molecule has 0 saturated carbocycles. The van der Waals surface area contributed by atoms with Crippen LogP contribution in [0.2, 0.25) is 0 Å². The highest BCUT2D eigenvalue weighted by atomic mass is 16.5. The molecule has 0 aromatic rings. The van der Waals surface area contributed by atoms with Crippen LogP contribution < -0.4 is 5.32 Å². The molecule has 2 unspecified atom stereocenters. The fraction of sp³-hybridized carbons (Fsp3) is 0.818. The van der Waals surface area contributed by atoms with Crippen molar-refractivity contribution in [2.75, 3.05) is 20.8 Å². The molecule has 1 N–H and O–H groups in total. The molecule has 16 heavy (non-hydrogen) atoms. The Labute approximate surface area is 96.1 Å². The second-order valence-electron chi connectivity index (χ2n) is 4.23. The molecule has 2 amide bonds. The van der Waals surface area contributed by atoms with Gasteiger partial charge in [0, 0.05) is 33.2 Å². The van der Waals surface area contributed by atoms with Gasteiger partial charge >= 0.3 is 0 Å². The molecule has 1 aliphatic rings. The van der Waals surface area contributed by atoms with E-state index in [1.165, 1.54) is 4.90 Å². The van der Waals surface area contributed by atoms with Crippen molar-refractivity contribution in [1.29, 1.82) is 0 Å². The van der Waals surface area contributed by atoms with E-state index in [0.717, 1.165) is 6.42 Å². The molecule has 1 aliphatic heterocycles. The van der Waals surface area contributed by atoms with E-state index in [2.05, 4.69) is 5.32 Å². The van der Waals surface area contributed by atoms with Crippen molar-refractivity contribution in [3.8, 4) is 0 Å². The molecule has 92 valence electrons. The number of amides is 2. The van der Waals surface area contributed by atoms with Gasteiger partial charge in [-0.3, -0.25) is 14.5 Å². The van der Waals surface area contributed by atoms with Crippen LogP contribution in [0.15, 0.2) is 0 Å². The summed E-state index contributed by atoms with van der Waals surface area (Å²) in [5.74, 6) is -0.215. The minimum atomic E-state index is -0.227. The molecule has 0 bridgehead atoms. The molecule has 1 heterocycles. The molecular formula is C11H20N2O3. The molecule has 1 saturated heterocycles. The Morgan fingerprint density at radius 3 is 2.88 bits per heavy atom. The van der Waals surface area contributed by atoms with Crippen molar-refractivity contribution < 1.29 is 14.3 Å². The second-order valence-corrected chi connectivity index (χ2v) is 4.23. The number of likely N-dealkylation sites (tertiary alicyclic amines) is 1. The zero-order valence-corrected chi connectivity index (χ0v) is 10.2. The molecule has 0 aromatic heterocycles. The number of carbonyl (C=O) groups is 2. The molecular weight excluding hydrogens is 208 g/mol. The first-order valence-electron chi connectivity index (χ1n) is 5.61. The minimum Gasteiger partial charge on any atom is -0.385 e. The number of nitrogens with one attached hydrogen (secondary N) is 1. The van der Waals surface area contributed by atoms with Gasteiger partial charge < -0.3 is 10.1 Å². The monoisotopic (exact) mass is 228 g/mol. The van der Waals surface area contributed by atoms with E-state index in [-0.39, 0.29) is 23.9 Å². The average molecular weight is 228 g/mol. The van der Waals surface area contributed by atoms with E-state index in [0.29, 0.717) is 19.4 Å². The number of methoxy groups -OCH3 is 1. The molecule has 5 heteroatoms. The van der Waals surface area contributed by atoms with Crippen LogP contribution in [0.4, 0.5) is 0 Å². The summed E-state index contributed by atoms with van der Waals surface area (Å²) in [4.78, 5) is 24.2. The minimum absolute atomic E-state index is 0.0902. The largest absolute Gasteiger partial charge is 0.385 e. The van der Waals surface area contributed by atoms with E-state index in [1.54, 1.807) is 14.2 Å². The number of nitrogens with zero attached hydrogens (tertiary/aromatic N) is 1. The van der Waals surface area contributed by atoms with Crippen molar-refractivity contribution in [1.82, 2.24) is 10.2 Å². The van der Waals surface area contributed by atoms with E-state index < -0.39 is 0 Å². The van der Waals surface area contributed by atoms with Crippen molar-refractivity contribution in [2.45, 2.75) is 38.3 Å². The Morgan fingerprint density at radius 2 is 2.25 bits per heavy atom. The molecule has 0 aliphatic carbocycles. The van der Waals surface area contributed by atoms with Gasteiger partial charge in [-0.2, -0.15) is 0 Å². The van der Waals surface area contributed by atoms with Crippen LogP contribution in [-0.4, -0.2) is 49.6 Å². The summed E-state index contributed by atoms with van der Waals surface area (Å²) in [6.07, 6.45) is 1.90. The Hall–Kier alpha value is -0.940. The number of hydrogen-bond acceptors (Lipinski definition) is 4. The lowest BCUT2D eigenvalue weighted by Crippen LogP contribution is -2.53. The SMILES string of the molecule is COCCC(C)NC1CCC(=O)N(C)C1=O. The van der Waals surface area contributed by atoms with Crippen LogP contribution in [0.25, 0.3) is 0 Å². The Kier molecular flexibility index (Phi) is 4.89. The van der Waals surface area contributed by atoms with Crippen molar-refractivity contribution in [3.63, 3.8) is 0 Å². The molecule has 1 rings (SSSR count). The van der Waals surface area contributed by atoms with Crippen LogP contribution in [-0.2, 0) is 14.3 Å². The molecule has 1 fully saturated rings. The van der Waals surface area contributed by atoms with Gasteiger partial charge in [0.1, 0.15) is 0 Å². The van der Waals surface area contributed by atoms with E-state index in [1.807, 2.05) is 6.92 Å². The summed E-state index contributed by atoms with van der Waals surface area (Å²) in [6.45, 7) is 2.69. The predicted molar refractivity (Wildman–Crippen MR) is 59.9 cm³/mol. The lowest BCUT2D eigenvalue weighted by atomic mass is 10.0. The summed E-state index contributed by atoms with van der Waals surface area (Å²) >= 11 is 0. The summed E-state index contributed by atoms with van der Waals surface area (Å²) in [5, 5.41) is 3.23. The molecule has 2 atom stereocenters. The predicted octanol–water partition coefficient (Wildman–Crippen LogP) is 0.148. The first kappa shape index (κ1) is 13.1. The van der Waals surface area contributed by atoms with Crippen molar-refractivity contribution in [3.05, 3.63) is 0 Å². The molecule has 5 nitrogen and oxygen atoms in total. The number of imide groups is 1. The number of likely N-dealkylation sites (N-methyl/N-ethyl adjacent to an activating group) is 1. The Balaban J connectivity index is 2.42. The van der Waals surface area contributed by atoms with Crippen LogP contribution in [0.3, 0.4) is 0 Å². The van der Waals surface area contributed by atoms with Gasteiger partial charge in [0.05, 0.1) is 6.04 Å². The van der Waals surface area contributed by atoms with Crippen molar-refractivity contribution in [2.24, 2.45) is 0 Å². The van der Waals surface area contributed by atoms with E-state index in [9.17, 15) is 9.59 Å². The normalized spacial score (nSPS) is 23.7. The van der Waals surface area contributed by atoms with Gasteiger partial charge in [-0.1, -0.05) is 0 Å². The number of ether oxygens (including phenoxy) is 1. The Morgan fingerprint density at radius 1 is 1.56 bits per heavy atom. The quantitative estimate of drug-likeness (QED) is 0.680. The Bertz CT molecular complexity index is 268. The average Bonchev–Trinajstić information content (AvgIpc) is 2.27. The number of piperidine rings is 1. The highest BCUT2D eigenvalue weighted by Crippen LogP contribution is 2.12. The first-order chi connectivity index (χ1) is 7.56. The summed E-state index contributed by atoms with van der Waals surface area (Å²) < 4.78 is 4.98. The smallest absolute Gasteiger partial charge is 0.246 e. The van der Waals surface area contributed by atoms with Gasteiger partial charge in [0.25, 0.3) is 0 Å². The van der Waals surface area contributed by atoms with Crippen molar-refractivity contribution >= 4 is 11.8 Å². The van der Waals surface area contributed by atoms with E-state index >= 15 is 0 Å². The van der Waals surface area contributed by atoms with Crippen LogP contribution in [0.1, 0.15) is 26.2 Å². The molecule has 0 radical (unpaired) electrons. The zero-order chi connectivity index (χ0) is 12.1. The third-order valence-corrected chi connectivity index (χ3v) is 2.89. The second kappa shape index (κ2) is 5.96. The van der Waals surface area contributed by atoms with Crippen LogP contribution in [0.5, 0.6) is 0 Å². The lowest BCUT2D eigenvalue weighted by Gasteiger charge is -2.30. The fourth-order valence-electron chi connectivity index (χ4n) is 1.79. The summed E-state index contributed by atoms with van der Waals surface area (Å²) in [7, 11) is 3.20. The highest BCUT2D eigenvalue weighted by Gasteiger charge is 2.31. The number of rotatable bonds is 5. The molecule has 0 aromatic carbocycles. The number of carbonyl (C=O) groups excluding carboxylic acids is 2. The van der Waals surface area contributed by atoms with E-state index in [4.69, 9.17) is 4.74 Å². The van der Waals surface area contributed by atoms with Gasteiger partial charge in [0.2, 0.25) is 11.8 Å². The van der Waals surface area contributed by atoms with Crippen LogP contribution in [0, 0.1) is 0 Å². The van der Waals surface area contributed by atoms with Crippen LogP contribution >= 0.6 is 0 Å². The van der Waals surface area contributed by atoms with Gasteiger partial charge in [-0.05, 0) is 19.8 Å². The third-order valence-electron chi connectivity index (χ3n) is 2.89. The fourth-order valence-corrected chi connectivity index (χ4v) is 1.79. The maximum atomic E-state index is 11.8. The first-order valence-corrected chi connectivity index (χ1v) is 5.61. The summed E-state index contributed by atoms with van der Waals surface area (Å²) in [6, 6.07) is -0.00921. The maximum Gasteiger partial charge on any atom is 0.246 e. The zero-order valence-electron chi connectivity index (χ0n) is 10.2. The summed E-state index contributed by atoms with van der Waals surface area (Å²) in [5.41, 5.74) is 0. The molecule has 0 spiro atoms. The maximum absolute atomic E-state index is 11.8. The van der Waals surface area contributed by atoms with Gasteiger partial charge in [0.15, 0.2) is 0 Å². The van der Waals surface area contributed by atoms with Gasteiger partial charge in [-0.25, -0.2) is 0 Å².